The van der Waals surface area contributed by atoms with Gasteiger partial charge >= 0.3 is 0 Å². The molecule has 0 bridgehead atoms. The van der Waals surface area contributed by atoms with Gasteiger partial charge in [-0.1, -0.05) is 48.0 Å². The van der Waals surface area contributed by atoms with Gasteiger partial charge in [-0.3, -0.25) is 9.69 Å². The van der Waals surface area contributed by atoms with Crippen molar-refractivity contribution >= 4 is 5.91 Å². The number of carbonyl (C=O) groups excluding carboxylic acids is 1. The van der Waals surface area contributed by atoms with Gasteiger partial charge in [0, 0.05) is 18.0 Å². The van der Waals surface area contributed by atoms with Crippen LogP contribution in [0.2, 0.25) is 0 Å². The molecular weight excluding hydrogens is 376 g/mol. The van der Waals surface area contributed by atoms with Crippen LogP contribution in [0.25, 0.3) is 11.5 Å². The minimum Gasteiger partial charge on any atom is -0.419 e. The van der Waals surface area contributed by atoms with E-state index < -0.39 is 0 Å². The lowest BCUT2D eigenvalue weighted by Crippen LogP contribution is -2.41. The monoisotopic (exact) mass is 404 g/mol. The van der Waals surface area contributed by atoms with Gasteiger partial charge in [0.2, 0.25) is 17.7 Å². The number of likely N-dealkylation sites (tertiary alicyclic amines) is 1. The number of nitrogens with zero attached hydrogens (tertiary/aromatic N) is 3. The number of piperidine rings is 1. The number of aryl methyl sites for hydroxylation is 1. The van der Waals surface area contributed by atoms with Crippen molar-refractivity contribution in [3.8, 4) is 11.5 Å². The quantitative estimate of drug-likeness (QED) is 0.669. The average molecular weight is 405 g/mol. The molecule has 30 heavy (non-hydrogen) atoms. The van der Waals surface area contributed by atoms with Crippen molar-refractivity contribution in [1.29, 1.82) is 0 Å². The smallest absolute Gasteiger partial charge is 0.247 e. The minimum atomic E-state index is 0.0318. The SMILES string of the molecule is Cc1cccc(-c2nnc([C@@H](C)N3CCC(C(=O)NCc4ccccc4)CC3)o2)c1. The first-order valence-corrected chi connectivity index (χ1v) is 10.6. The predicted octanol–water partition coefficient (Wildman–Crippen LogP) is 4.13. The Bertz CT molecular complexity index is 978. The molecule has 1 fully saturated rings. The van der Waals surface area contributed by atoms with E-state index in [9.17, 15) is 4.79 Å². The zero-order valence-electron chi connectivity index (χ0n) is 17.5. The van der Waals surface area contributed by atoms with E-state index in [0.29, 0.717) is 18.3 Å². The molecule has 1 N–H and O–H groups in total. The lowest BCUT2D eigenvalue weighted by Gasteiger charge is -2.34. The normalized spacial score (nSPS) is 16.3. The van der Waals surface area contributed by atoms with Crippen molar-refractivity contribution in [2.45, 2.75) is 39.3 Å². The van der Waals surface area contributed by atoms with Crippen LogP contribution in [0.15, 0.2) is 59.0 Å². The number of benzene rings is 2. The van der Waals surface area contributed by atoms with Crippen LogP contribution in [0.3, 0.4) is 0 Å². The van der Waals surface area contributed by atoms with E-state index in [-0.39, 0.29) is 17.9 Å². The maximum atomic E-state index is 12.5. The van der Waals surface area contributed by atoms with Crippen LogP contribution in [0.1, 0.15) is 42.8 Å². The summed E-state index contributed by atoms with van der Waals surface area (Å²) in [4.78, 5) is 14.8. The van der Waals surface area contributed by atoms with Crippen LogP contribution >= 0.6 is 0 Å². The molecule has 1 aliphatic rings. The fourth-order valence-corrected chi connectivity index (χ4v) is 3.93. The fourth-order valence-electron chi connectivity index (χ4n) is 3.93. The van der Waals surface area contributed by atoms with E-state index >= 15 is 0 Å². The zero-order valence-corrected chi connectivity index (χ0v) is 17.5. The van der Waals surface area contributed by atoms with Gasteiger partial charge < -0.3 is 9.73 Å². The lowest BCUT2D eigenvalue weighted by atomic mass is 9.95. The molecule has 3 aromatic rings. The van der Waals surface area contributed by atoms with Crippen molar-refractivity contribution in [3.05, 3.63) is 71.6 Å². The van der Waals surface area contributed by atoms with E-state index in [4.69, 9.17) is 4.42 Å². The lowest BCUT2D eigenvalue weighted by molar-refractivity contribution is -0.126. The molecule has 0 unspecified atom stereocenters. The van der Waals surface area contributed by atoms with Crippen molar-refractivity contribution in [2.75, 3.05) is 13.1 Å². The molecule has 0 spiro atoms. The zero-order chi connectivity index (χ0) is 20.9. The molecule has 2 heterocycles. The molecule has 1 aromatic heterocycles. The Morgan fingerprint density at radius 3 is 2.63 bits per heavy atom. The summed E-state index contributed by atoms with van der Waals surface area (Å²) in [6.45, 7) is 6.40. The summed E-state index contributed by atoms with van der Waals surface area (Å²) in [5, 5.41) is 11.6. The Balaban J connectivity index is 1.30. The van der Waals surface area contributed by atoms with E-state index in [0.717, 1.165) is 42.6 Å². The Morgan fingerprint density at radius 2 is 1.90 bits per heavy atom. The summed E-state index contributed by atoms with van der Waals surface area (Å²) in [6, 6.07) is 18.1. The third-order valence-electron chi connectivity index (χ3n) is 5.82. The summed E-state index contributed by atoms with van der Waals surface area (Å²) in [5.41, 5.74) is 3.22. The first-order valence-electron chi connectivity index (χ1n) is 10.6. The maximum Gasteiger partial charge on any atom is 0.247 e. The Hall–Kier alpha value is -2.99. The highest BCUT2D eigenvalue weighted by Crippen LogP contribution is 2.28. The molecule has 0 aliphatic carbocycles. The predicted molar refractivity (Wildman–Crippen MR) is 115 cm³/mol. The number of amides is 1. The Kier molecular flexibility index (Phi) is 6.23. The Morgan fingerprint density at radius 1 is 1.13 bits per heavy atom. The largest absolute Gasteiger partial charge is 0.419 e. The van der Waals surface area contributed by atoms with Gasteiger partial charge in [-0.05, 0) is 57.5 Å². The first kappa shape index (κ1) is 20.3. The van der Waals surface area contributed by atoms with Crippen molar-refractivity contribution in [3.63, 3.8) is 0 Å². The van der Waals surface area contributed by atoms with E-state index in [2.05, 4.69) is 27.3 Å². The van der Waals surface area contributed by atoms with Gasteiger partial charge in [0.15, 0.2) is 0 Å². The average Bonchev–Trinajstić information content (AvgIpc) is 3.28. The summed E-state index contributed by atoms with van der Waals surface area (Å²) in [7, 11) is 0. The third kappa shape index (κ3) is 4.76. The highest BCUT2D eigenvalue weighted by molar-refractivity contribution is 5.78. The second kappa shape index (κ2) is 9.22. The standard InChI is InChI=1S/C24H28N4O2/c1-17-7-6-10-21(15-17)24-27-26-23(30-24)18(2)28-13-11-20(12-14-28)22(29)25-16-19-8-4-3-5-9-19/h3-10,15,18,20H,11-14,16H2,1-2H3,(H,25,29)/t18-/m1/s1. The summed E-state index contributed by atoms with van der Waals surface area (Å²) in [5.74, 6) is 1.38. The van der Waals surface area contributed by atoms with Crippen LogP contribution < -0.4 is 5.32 Å². The highest BCUT2D eigenvalue weighted by atomic mass is 16.4. The molecule has 1 aliphatic heterocycles. The molecule has 6 nitrogen and oxygen atoms in total. The van der Waals surface area contributed by atoms with Crippen molar-refractivity contribution in [2.24, 2.45) is 5.92 Å². The molecule has 0 saturated carbocycles. The van der Waals surface area contributed by atoms with Gasteiger partial charge in [-0.25, -0.2) is 0 Å². The first-order chi connectivity index (χ1) is 14.6. The van der Waals surface area contributed by atoms with Gasteiger partial charge in [-0.15, -0.1) is 10.2 Å². The number of hydrogen-bond acceptors (Lipinski definition) is 5. The van der Waals surface area contributed by atoms with Gasteiger partial charge in [0.25, 0.3) is 0 Å². The molecule has 2 aromatic carbocycles. The third-order valence-corrected chi connectivity index (χ3v) is 5.82. The molecule has 6 heteroatoms. The summed E-state index contributed by atoms with van der Waals surface area (Å²) in [6.07, 6.45) is 1.67. The maximum absolute atomic E-state index is 12.5. The molecule has 1 saturated heterocycles. The van der Waals surface area contributed by atoms with E-state index in [1.54, 1.807) is 0 Å². The Labute approximate surface area is 177 Å². The molecular formula is C24H28N4O2. The van der Waals surface area contributed by atoms with Crippen molar-refractivity contribution in [1.82, 2.24) is 20.4 Å². The molecule has 1 atom stereocenters. The number of hydrogen-bond donors (Lipinski definition) is 1. The molecule has 156 valence electrons. The van der Waals surface area contributed by atoms with Crippen LogP contribution in [0.5, 0.6) is 0 Å². The van der Waals surface area contributed by atoms with Crippen molar-refractivity contribution < 1.29 is 9.21 Å². The van der Waals surface area contributed by atoms with Crippen LogP contribution in [0.4, 0.5) is 0 Å². The summed E-state index contributed by atoms with van der Waals surface area (Å²) >= 11 is 0. The second-order valence-electron chi connectivity index (χ2n) is 8.00. The summed E-state index contributed by atoms with van der Waals surface area (Å²) < 4.78 is 5.96. The van der Waals surface area contributed by atoms with Gasteiger partial charge in [-0.2, -0.15) is 0 Å². The van der Waals surface area contributed by atoms with Crippen LogP contribution in [0, 0.1) is 12.8 Å². The number of aromatic nitrogens is 2. The minimum absolute atomic E-state index is 0.0318. The fraction of sp³-hybridized carbons (Fsp3) is 0.375. The van der Waals surface area contributed by atoms with E-state index in [1.165, 1.54) is 0 Å². The number of rotatable bonds is 6. The van der Waals surface area contributed by atoms with Gasteiger partial charge in [0.1, 0.15) is 0 Å². The molecule has 0 radical (unpaired) electrons. The molecule has 4 rings (SSSR count). The highest BCUT2D eigenvalue weighted by Gasteiger charge is 2.29. The van der Waals surface area contributed by atoms with Gasteiger partial charge in [0.05, 0.1) is 6.04 Å². The van der Waals surface area contributed by atoms with E-state index in [1.807, 2.05) is 61.5 Å². The van der Waals surface area contributed by atoms with Crippen LogP contribution in [-0.4, -0.2) is 34.1 Å². The number of carbonyl (C=O) groups is 1. The number of nitrogens with one attached hydrogen (secondary N) is 1. The second-order valence-corrected chi connectivity index (χ2v) is 8.00. The molecule has 1 amide bonds. The topological polar surface area (TPSA) is 71.3 Å². The van der Waals surface area contributed by atoms with Crippen LogP contribution in [-0.2, 0) is 11.3 Å².